The summed E-state index contributed by atoms with van der Waals surface area (Å²) >= 11 is -6.17. The average molecular weight is 1070 g/mol. The van der Waals surface area contributed by atoms with Gasteiger partial charge in [-0.15, -0.1) is 0 Å². The zero-order chi connectivity index (χ0) is 47.4. The van der Waals surface area contributed by atoms with Crippen LogP contribution in [0, 0.1) is 0 Å². The third-order valence-electron chi connectivity index (χ3n) is 13.9. The Labute approximate surface area is 402 Å². The number of rotatable bonds is 48. The summed E-state index contributed by atoms with van der Waals surface area (Å²) in [5.74, 6) is 0. The van der Waals surface area contributed by atoms with Crippen LogP contribution >= 0.6 is 0 Å². The van der Waals surface area contributed by atoms with Crippen molar-refractivity contribution in [3.63, 3.8) is 0 Å². The van der Waals surface area contributed by atoms with Crippen molar-refractivity contribution in [2.45, 2.75) is 312 Å². The van der Waals surface area contributed by atoms with Gasteiger partial charge in [-0.2, -0.15) is 0 Å². The van der Waals surface area contributed by atoms with E-state index in [0.717, 1.165) is 0 Å². The van der Waals surface area contributed by atoms with E-state index in [4.69, 9.17) is 14.3 Å². The molecule has 63 heavy (non-hydrogen) atoms. The van der Waals surface area contributed by atoms with Crippen LogP contribution in [0.5, 0.6) is 0 Å². The first kappa shape index (κ1) is 67.4. The molecule has 0 aromatic heterocycles. The zero-order valence-electron chi connectivity index (χ0n) is 44.9. The molecule has 0 spiro atoms. The second kappa shape index (κ2) is 53.1. The first-order valence-electron chi connectivity index (χ1n) is 28.9. The first-order chi connectivity index (χ1) is 30.5. The van der Waals surface area contributed by atoms with E-state index in [-0.39, 0.29) is 0 Å². The third-order valence-corrected chi connectivity index (χ3v) is 13.9. The first-order valence-corrected chi connectivity index (χ1v) is 33.6. The summed E-state index contributed by atoms with van der Waals surface area (Å²) < 4.78 is 37.5. The van der Waals surface area contributed by atoms with Gasteiger partial charge < -0.3 is 8.97 Å². The molecule has 6 nitrogen and oxygen atoms in total. The molecule has 0 rings (SSSR count). The van der Waals surface area contributed by atoms with Crippen molar-refractivity contribution in [2.24, 2.45) is 0 Å². The molecule has 0 saturated carbocycles. The molecule has 0 heterocycles. The molecule has 0 aliphatic rings. The van der Waals surface area contributed by atoms with E-state index in [1.807, 2.05) is 0 Å². The van der Waals surface area contributed by atoms with Crippen LogP contribution in [0.25, 0.3) is 0 Å². The SMILES string of the molecule is CCCCCCC[N+](CCCCCCC)(CCCCCCC)CCCCCCC.CCCCCCC[N+](CCCCCCC)(CCCCCCC)CCCCCCC.[O]=[W](=[O])([O-])[O-]. The van der Waals surface area contributed by atoms with Gasteiger partial charge in [0.15, 0.2) is 0 Å². The Balaban J connectivity index is -0.00000103. The van der Waals surface area contributed by atoms with Gasteiger partial charge in [0, 0.05) is 0 Å². The number of quaternary nitrogens is 2. The van der Waals surface area contributed by atoms with Crippen LogP contribution in [0.4, 0.5) is 0 Å². The van der Waals surface area contributed by atoms with Gasteiger partial charge in [-0.05, 0) is 103 Å². The summed E-state index contributed by atoms with van der Waals surface area (Å²) in [5, 5.41) is 0. The summed E-state index contributed by atoms with van der Waals surface area (Å²) in [4.78, 5) is 0. The van der Waals surface area contributed by atoms with E-state index >= 15 is 0 Å². The van der Waals surface area contributed by atoms with Crippen LogP contribution in [-0.4, -0.2) is 61.3 Å². The topological polar surface area (TPSA) is 80.3 Å². The van der Waals surface area contributed by atoms with Crippen molar-refractivity contribution in [3.8, 4) is 0 Å². The van der Waals surface area contributed by atoms with Crippen LogP contribution in [-0.2, 0) is 23.5 Å². The Hall–Kier alpha value is 0.128. The van der Waals surface area contributed by atoms with Crippen molar-refractivity contribution in [2.75, 3.05) is 52.4 Å². The Bertz CT molecular complexity index is 755. The minimum absolute atomic E-state index is 1.37. The molecule has 0 atom stereocenters. The van der Waals surface area contributed by atoms with Crippen LogP contribution in [0.2, 0.25) is 0 Å². The molecule has 0 aliphatic carbocycles. The molecule has 0 fully saturated rings. The second-order valence-corrected chi connectivity index (χ2v) is 23.1. The second-order valence-electron chi connectivity index (χ2n) is 20.2. The van der Waals surface area contributed by atoms with Gasteiger partial charge in [0.25, 0.3) is 0 Å². The molecule has 0 saturated heterocycles. The molecule has 0 aromatic rings. The Morgan fingerprint density at radius 1 is 0.222 bits per heavy atom. The molecule has 0 radical (unpaired) electrons. The molecule has 384 valence electrons. The van der Waals surface area contributed by atoms with Crippen LogP contribution in [0.1, 0.15) is 312 Å². The van der Waals surface area contributed by atoms with Gasteiger partial charge in [-0.3, -0.25) is 0 Å². The summed E-state index contributed by atoms with van der Waals surface area (Å²) in [6.07, 6.45) is 57.6. The van der Waals surface area contributed by atoms with Crippen molar-refractivity contribution in [1.29, 1.82) is 0 Å². The summed E-state index contributed by atoms with van der Waals surface area (Å²) in [7, 11) is 0. The number of hydrogen-bond acceptors (Lipinski definition) is 4. The number of nitrogens with zero attached hydrogens (tertiary/aromatic N) is 2. The number of hydrogen-bond donors (Lipinski definition) is 0. The Morgan fingerprint density at radius 2 is 0.317 bits per heavy atom. The minimum atomic E-state index is -6.17. The van der Waals surface area contributed by atoms with Crippen molar-refractivity contribution < 1.29 is 40.0 Å². The monoisotopic (exact) mass is 1070 g/mol. The van der Waals surface area contributed by atoms with E-state index in [2.05, 4.69) is 55.4 Å². The van der Waals surface area contributed by atoms with E-state index in [0.29, 0.717) is 0 Å². The van der Waals surface area contributed by atoms with Gasteiger partial charge in [-0.25, -0.2) is 0 Å². The predicted molar refractivity (Wildman–Crippen MR) is 271 cm³/mol. The fourth-order valence-electron chi connectivity index (χ4n) is 9.75. The molecular formula is C56H120N2O4W. The van der Waals surface area contributed by atoms with Crippen LogP contribution < -0.4 is 7.52 Å². The summed E-state index contributed by atoms with van der Waals surface area (Å²) in [6, 6.07) is 0. The molecule has 0 amide bonds. The zero-order valence-corrected chi connectivity index (χ0v) is 47.8. The Kier molecular flexibility index (Phi) is 56.8. The van der Waals surface area contributed by atoms with Crippen LogP contribution in [0.15, 0.2) is 0 Å². The molecular weight excluding hydrogens is 948 g/mol. The summed E-state index contributed by atoms with van der Waals surface area (Å²) in [6.45, 7) is 30.5. The molecule has 0 aromatic carbocycles. The van der Waals surface area contributed by atoms with Crippen molar-refractivity contribution >= 4 is 0 Å². The third kappa shape index (κ3) is 54.6. The quantitative estimate of drug-likeness (QED) is 0.0449. The van der Waals surface area contributed by atoms with Crippen molar-refractivity contribution in [3.05, 3.63) is 0 Å². The summed E-state index contributed by atoms with van der Waals surface area (Å²) in [5.41, 5.74) is 0. The van der Waals surface area contributed by atoms with Gasteiger partial charge in [0.1, 0.15) is 0 Å². The molecule has 0 bridgehead atoms. The molecule has 0 N–H and O–H groups in total. The number of unbranched alkanes of at least 4 members (excludes halogenated alkanes) is 32. The van der Waals surface area contributed by atoms with Crippen molar-refractivity contribution in [1.82, 2.24) is 0 Å². The van der Waals surface area contributed by atoms with Gasteiger partial charge in [-0.1, -0.05) is 209 Å². The normalized spacial score (nSPS) is 12.0. The van der Waals surface area contributed by atoms with E-state index in [1.54, 1.807) is 0 Å². The molecule has 0 aliphatic heterocycles. The molecule has 0 unspecified atom stereocenters. The average Bonchev–Trinajstić information content (AvgIpc) is 3.25. The van der Waals surface area contributed by atoms with Gasteiger partial charge in [0.05, 0.1) is 52.4 Å². The maximum atomic E-state index is 8.65. The fourth-order valence-corrected chi connectivity index (χ4v) is 9.75. The van der Waals surface area contributed by atoms with E-state index in [1.165, 1.54) is 318 Å². The van der Waals surface area contributed by atoms with Gasteiger partial charge in [0.2, 0.25) is 0 Å². The molecule has 7 heteroatoms. The van der Waals surface area contributed by atoms with Gasteiger partial charge >= 0.3 is 31.1 Å². The maximum absolute atomic E-state index is 8.65. The van der Waals surface area contributed by atoms with Crippen LogP contribution in [0.3, 0.4) is 0 Å². The van der Waals surface area contributed by atoms with E-state index < -0.39 is 16.7 Å². The fraction of sp³-hybridized carbons (Fsp3) is 1.00. The predicted octanol–water partition coefficient (Wildman–Crippen LogP) is 16.8. The van der Waals surface area contributed by atoms with E-state index in [9.17, 15) is 0 Å². The standard InChI is InChI=1S/2C28H60N.4O.W/c2*1-5-9-13-17-21-25-29(26-22-18-14-10-6-2,27-23-19-15-11-7-3)28-24-20-16-12-8-4;;;;;/h2*5-28H2,1-4H3;;;;;/q2*+1;;;2*-1;. The Morgan fingerprint density at radius 3 is 0.413 bits per heavy atom.